The second-order valence-corrected chi connectivity index (χ2v) is 8.61. The fourth-order valence-corrected chi connectivity index (χ4v) is 4.35. The maximum Gasteiger partial charge on any atom is 0.339 e. The Morgan fingerprint density at radius 1 is 0.919 bits per heavy atom. The first-order valence-corrected chi connectivity index (χ1v) is 11.8. The number of hydrogen-bond donors (Lipinski definition) is 3. The van der Waals surface area contributed by atoms with Gasteiger partial charge in [-0.1, -0.05) is 19.3 Å². The molecule has 2 heterocycles. The lowest BCUT2D eigenvalue weighted by Crippen LogP contribution is -2.20. The van der Waals surface area contributed by atoms with Crippen LogP contribution in [0, 0.1) is 20.2 Å². The van der Waals surface area contributed by atoms with Crippen molar-refractivity contribution in [3.8, 4) is 11.3 Å². The number of pyridine rings is 1. The number of carbonyl (C=O) groups is 1. The first-order valence-electron chi connectivity index (χ1n) is 11.8. The van der Waals surface area contributed by atoms with Crippen LogP contribution in [0.1, 0.15) is 54.1 Å². The molecule has 0 amide bonds. The van der Waals surface area contributed by atoms with E-state index in [-0.39, 0.29) is 34.5 Å². The normalized spacial score (nSPS) is 13.6. The van der Waals surface area contributed by atoms with Gasteiger partial charge in [0.25, 0.3) is 11.4 Å². The van der Waals surface area contributed by atoms with E-state index in [1.165, 1.54) is 36.4 Å². The van der Waals surface area contributed by atoms with Crippen molar-refractivity contribution in [3.05, 3.63) is 74.1 Å². The number of anilines is 2. The number of rotatable bonds is 10. The number of non-ortho nitro benzene ring substituents is 1. The Kier molecular flexibility index (Phi) is 7.81. The van der Waals surface area contributed by atoms with Crippen molar-refractivity contribution in [1.82, 2.24) is 15.0 Å². The number of nitrogens with one attached hydrogen (secondary N) is 2. The summed E-state index contributed by atoms with van der Waals surface area (Å²) in [6.45, 7) is 0.745. The molecule has 0 aliphatic heterocycles. The number of nitro benzene ring substituents is 1. The molecular formula is C24H25N7O6. The zero-order valence-electron chi connectivity index (χ0n) is 19.8. The van der Waals surface area contributed by atoms with Crippen molar-refractivity contribution in [2.75, 3.05) is 23.7 Å². The topological polar surface area (TPSA) is 186 Å². The molecule has 0 unspecified atom stereocenters. The number of carboxylic acids is 1. The van der Waals surface area contributed by atoms with Gasteiger partial charge in [-0.25, -0.2) is 19.7 Å². The van der Waals surface area contributed by atoms with Crippen LogP contribution in [0.3, 0.4) is 0 Å². The van der Waals surface area contributed by atoms with Crippen LogP contribution in [0.4, 0.5) is 23.1 Å². The van der Waals surface area contributed by atoms with Gasteiger partial charge >= 0.3 is 5.97 Å². The average Bonchev–Trinajstić information content (AvgIpc) is 2.91. The predicted octanol–water partition coefficient (Wildman–Crippen LogP) is 4.62. The lowest BCUT2D eigenvalue weighted by atomic mass is 9.84. The molecule has 2 aromatic heterocycles. The van der Waals surface area contributed by atoms with Crippen molar-refractivity contribution in [2.45, 2.75) is 38.0 Å². The van der Waals surface area contributed by atoms with Gasteiger partial charge in [0.15, 0.2) is 0 Å². The van der Waals surface area contributed by atoms with Crippen LogP contribution in [0.2, 0.25) is 0 Å². The molecule has 0 saturated heterocycles. The van der Waals surface area contributed by atoms with E-state index < -0.39 is 15.8 Å². The Bertz CT molecular complexity index is 1290. The highest BCUT2D eigenvalue weighted by Gasteiger charge is 2.28. The second-order valence-electron chi connectivity index (χ2n) is 8.61. The molecule has 1 aliphatic rings. The lowest BCUT2D eigenvalue weighted by Gasteiger charge is -2.24. The van der Waals surface area contributed by atoms with E-state index in [1.54, 1.807) is 0 Å². The van der Waals surface area contributed by atoms with Crippen LogP contribution in [0.25, 0.3) is 11.3 Å². The van der Waals surface area contributed by atoms with Crippen LogP contribution in [0.5, 0.6) is 0 Å². The molecule has 1 aromatic carbocycles. The Morgan fingerprint density at radius 3 is 2.16 bits per heavy atom. The smallest absolute Gasteiger partial charge is 0.339 e. The van der Waals surface area contributed by atoms with Crippen molar-refractivity contribution < 1.29 is 19.7 Å². The molecule has 37 heavy (non-hydrogen) atoms. The van der Waals surface area contributed by atoms with Crippen molar-refractivity contribution in [2.24, 2.45) is 0 Å². The predicted molar refractivity (Wildman–Crippen MR) is 135 cm³/mol. The number of aromatic nitrogens is 3. The van der Waals surface area contributed by atoms with Gasteiger partial charge in [-0.15, -0.1) is 0 Å². The third-order valence-corrected chi connectivity index (χ3v) is 6.17. The third kappa shape index (κ3) is 6.12. The van der Waals surface area contributed by atoms with Crippen LogP contribution >= 0.6 is 0 Å². The van der Waals surface area contributed by atoms with E-state index in [2.05, 4.69) is 25.6 Å². The molecule has 0 radical (unpaired) electrons. The standard InChI is InChI=1S/C24H25N7O6/c32-23(33)20-21(15-4-2-1-3-5-15)28-24(29-22(20)16-6-8-17(9-7-16)30(34)35)26-13-12-25-19-11-10-18(14-27-19)31(36)37/h6-11,14-15H,1-5,12-13H2,(H,25,27)(H,32,33)(H,26,28,29). The highest BCUT2D eigenvalue weighted by Crippen LogP contribution is 2.37. The summed E-state index contributed by atoms with van der Waals surface area (Å²) in [5.41, 5.74) is 0.905. The molecule has 0 spiro atoms. The SMILES string of the molecule is O=C(O)c1c(-c2ccc([N+](=O)[O-])cc2)nc(NCCNc2ccc([N+](=O)[O-])cn2)nc1C1CCCCC1. The monoisotopic (exact) mass is 507 g/mol. The number of nitrogens with zero attached hydrogens (tertiary/aromatic N) is 5. The molecule has 3 N–H and O–H groups in total. The number of benzene rings is 1. The van der Waals surface area contributed by atoms with E-state index in [9.17, 15) is 30.1 Å². The molecule has 1 saturated carbocycles. The Hall–Kier alpha value is -4.68. The van der Waals surface area contributed by atoms with Crippen LogP contribution < -0.4 is 10.6 Å². The summed E-state index contributed by atoms with van der Waals surface area (Å²) in [6, 6.07) is 8.47. The molecular weight excluding hydrogens is 482 g/mol. The largest absolute Gasteiger partial charge is 0.478 e. The van der Waals surface area contributed by atoms with E-state index in [0.29, 0.717) is 30.2 Å². The Morgan fingerprint density at radius 2 is 1.57 bits per heavy atom. The molecule has 4 rings (SSSR count). The van der Waals surface area contributed by atoms with Gasteiger partial charge < -0.3 is 15.7 Å². The Balaban J connectivity index is 1.59. The van der Waals surface area contributed by atoms with E-state index in [4.69, 9.17) is 0 Å². The minimum Gasteiger partial charge on any atom is -0.478 e. The van der Waals surface area contributed by atoms with Gasteiger partial charge in [0.05, 0.1) is 21.2 Å². The number of nitro groups is 2. The molecule has 1 fully saturated rings. The van der Waals surface area contributed by atoms with Gasteiger partial charge in [0.1, 0.15) is 17.6 Å². The van der Waals surface area contributed by atoms with Crippen molar-refractivity contribution in [1.29, 1.82) is 0 Å². The summed E-state index contributed by atoms with van der Waals surface area (Å²) in [4.78, 5) is 46.2. The third-order valence-electron chi connectivity index (χ3n) is 6.17. The van der Waals surface area contributed by atoms with Crippen LogP contribution in [0.15, 0.2) is 42.6 Å². The Labute approximate surface area is 211 Å². The van der Waals surface area contributed by atoms with E-state index in [1.807, 2.05) is 0 Å². The zero-order valence-corrected chi connectivity index (χ0v) is 19.8. The first-order chi connectivity index (χ1) is 17.8. The van der Waals surface area contributed by atoms with Crippen molar-refractivity contribution >= 4 is 29.1 Å². The molecule has 13 heteroatoms. The molecule has 1 aliphatic carbocycles. The summed E-state index contributed by atoms with van der Waals surface area (Å²) >= 11 is 0. The molecule has 0 bridgehead atoms. The molecule has 3 aromatic rings. The van der Waals surface area contributed by atoms with Crippen LogP contribution in [-0.2, 0) is 0 Å². The minimum atomic E-state index is -1.15. The maximum absolute atomic E-state index is 12.4. The highest BCUT2D eigenvalue weighted by atomic mass is 16.6. The molecule has 13 nitrogen and oxygen atoms in total. The summed E-state index contributed by atoms with van der Waals surface area (Å²) in [5, 5.41) is 38.1. The quantitative estimate of drug-likeness (QED) is 0.197. The fourth-order valence-electron chi connectivity index (χ4n) is 4.35. The van der Waals surface area contributed by atoms with Gasteiger partial charge in [0, 0.05) is 42.8 Å². The molecule has 0 atom stereocenters. The number of aromatic carboxylic acids is 1. The average molecular weight is 508 g/mol. The summed E-state index contributed by atoms with van der Waals surface area (Å²) in [6.07, 6.45) is 5.86. The van der Waals surface area contributed by atoms with Crippen molar-refractivity contribution in [3.63, 3.8) is 0 Å². The van der Waals surface area contributed by atoms with E-state index in [0.717, 1.165) is 38.3 Å². The van der Waals surface area contributed by atoms with Gasteiger partial charge in [-0.3, -0.25) is 20.2 Å². The number of hydrogen-bond acceptors (Lipinski definition) is 10. The zero-order chi connectivity index (χ0) is 26.4. The fraction of sp³-hybridized carbons (Fsp3) is 0.333. The summed E-state index contributed by atoms with van der Waals surface area (Å²) < 4.78 is 0. The molecule has 192 valence electrons. The minimum absolute atomic E-state index is 0.0134. The maximum atomic E-state index is 12.4. The van der Waals surface area contributed by atoms with Crippen LogP contribution in [-0.4, -0.2) is 49.0 Å². The van der Waals surface area contributed by atoms with Gasteiger partial charge in [-0.2, -0.15) is 0 Å². The van der Waals surface area contributed by atoms with Gasteiger partial charge in [0.2, 0.25) is 5.95 Å². The summed E-state index contributed by atoms with van der Waals surface area (Å²) in [5.74, 6) is -0.463. The number of carboxylic acid groups (broad SMARTS) is 1. The van der Waals surface area contributed by atoms with E-state index >= 15 is 0 Å². The van der Waals surface area contributed by atoms with Gasteiger partial charge in [-0.05, 0) is 31.0 Å². The highest BCUT2D eigenvalue weighted by molar-refractivity contribution is 5.96. The first kappa shape index (κ1) is 25.4. The second kappa shape index (κ2) is 11.4. The summed E-state index contributed by atoms with van der Waals surface area (Å²) in [7, 11) is 0. The lowest BCUT2D eigenvalue weighted by molar-refractivity contribution is -0.385.